The van der Waals surface area contributed by atoms with Crippen LogP contribution in [-0.4, -0.2) is 70.2 Å². The van der Waals surface area contributed by atoms with Gasteiger partial charge in [0.1, 0.15) is 5.75 Å². The molecular formula is C19H30N4O3. The third kappa shape index (κ3) is 4.22. The third-order valence-corrected chi connectivity index (χ3v) is 5.02. The highest BCUT2D eigenvalue weighted by atomic mass is 16.5. The van der Waals surface area contributed by atoms with Gasteiger partial charge in [0.2, 0.25) is 0 Å². The van der Waals surface area contributed by atoms with E-state index in [1.165, 1.54) is 0 Å². The lowest BCUT2D eigenvalue weighted by molar-refractivity contribution is -0.130. The van der Waals surface area contributed by atoms with Crippen LogP contribution in [0.25, 0.3) is 0 Å². The van der Waals surface area contributed by atoms with Crippen LogP contribution in [0.1, 0.15) is 13.3 Å². The maximum atomic E-state index is 9.57. The zero-order valence-electron chi connectivity index (χ0n) is 15.7. The van der Waals surface area contributed by atoms with Gasteiger partial charge >= 0.3 is 0 Å². The first-order chi connectivity index (χ1) is 12.7. The molecule has 1 unspecified atom stereocenters. The number of benzene rings is 1. The van der Waals surface area contributed by atoms with Crippen molar-refractivity contribution in [2.45, 2.75) is 19.4 Å². The Hall–Kier alpha value is -1.99. The summed E-state index contributed by atoms with van der Waals surface area (Å²) in [4.78, 5) is 7.03. The minimum Gasteiger partial charge on any atom is -0.495 e. The summed E-state index contributed by atoms with van der Waals surface area (Å²) in [7, 11) is 1.71. The van der Waals surface area contributed by atoms with E-state index in [1.54, 1.807) is 7.11 Å². The van der Waals surface area contributed by atoms with Gasteiger partial charge in [-0.05, 0) is 25.5 Å². The van der Waals surface area contributed by atoms with Gasteiger partial charge in [-0.2, -0.15) is 0 Å². The number of nitrogens with one attached hydrogen (secondary N) is 2. The molecule has 2 aliphatic heterocycles. The second-order valence-electron chi connectivity index (χ2n) is 7.09. The smallest absolute Gasteiger partial charge is 0.191 e. The van der Waals surface area contributed by atoms with Crippen LogP contribution < -0.4 is 20.3 Å². The van der Waals surface area contributed by atoms with Crippen molar-refractivity contribution in [3.05, 3.63) is 24.3 Å². The van der Waals surface area contributed by atoms with E-state index in [0.29, 0.717) is 25.8 Å². The van der Waals surface area contributed by atoms with Crippen molar-refractivity contribution >= 4 is 11.6 Å². The molecule has 1 aromatic rings. The summed E-state index contributed by atoms with van der Waals surface area (Å²) in [5.74, 6) is 1.71. The van der Waals surface area contributed by atoms with Gasteiger partial charge in [-0.3, -0.25) is 4.99 Å². The second-order valence-corrected chi connectivity index (χ2v) is 7.09. The van der Waals surface area contributed by atoms with Crippen molar-refractivity contribution in [2.75, 3.05) is 58.0 Å². The van der Waals surface area contributed by atoms with Crippen molar-refractivity contribution in [3.8, 4) is 5.75 Å². The number of hydrogen-bond donors (Lipinski definition) is 3. The zero-order chi connectivity index (χ0) is 18.4. The molecule has 0 spiro atoms. The van der Waals surface area contributed by atoms with Crippen LogP contribution in [0.15, 0.2) is 29.3 Å². The molecule has 0 aliphatic carbocycles. The van der Waals surface area contributed by atoms with E-state index in [1.807, 2.05) is 18.2 Å². The predicted molar refractivity (Wildman–Crippen MR) is 103 cm³/mol. The summed E-state index contributed by atoms with van der Waals surface area (Å²) in [6.07, 6.45) is 1.04. The number of hydrogen-bond acceptors (Lipinski definition) is 5. The maximum absolute atomic E-state index is 9.57. The number of aliphatic imine (C=N–C) groups is 1. The minimum atomic E-state index is -0.207. The molecule has 0 bridgehead atoms. The molecular weight excluding hydrogens is 332 g/mol. The van der Waals surface area contributed by atoms with Crippen molar-refractivity contribution in [1.82, 2.24) is 10.6 Å². The molecule has 0 radical (unpaired) electrons. The number of aliphatic hydroxyl groups excluding tert-OH is 1. The van der Waals surface area contributed by atoms with E-state index < -0.39 is 0 Å². The van der Waals surface area contributed by atoms with Gasteiger partial charge in [-0.25, -0.2) is 0 Å². The number of ether oxygens (including phenoxy) is 2. The molecule has 2 heterocycles. The summed E-state index contributed by atoms with van der Waals surface area (Å²) in [6, 6.07) is 8.45. The lowest BCUT2D eigenvalue weighted by Crippen LogP contribution is -2.50. The van der Waals surface area contributed by atoms with E-state index in [2.05, 4.69) is 33.5 Å². The van der Waals surface area contributed by atoms with Crippen LogP contribution in [0.2, 0.25) is 0 Å². The number of para-hydroxylation sites is 2. The zero-order valence-corrected chi connectivity index (χ0v) is 15.7. The Kier molecular flexibility index (Phi) is 6.21. The first kappa shape index (κ1) is 18.8. The van der Waals surface area contributed by atoms with Crippen LogP contribution in [0.5, 0.6) is 5.75 Å². The Morgan fingerprint density at radius 3 is 2.88 bits per heavy atom. The van der Waals surface area contributed by atoms with E-state index in [9.17, 15) is 5.11 Å². The van der Waals surface area contributed by atoms with Gasteiger partial charge in [0.05, 0.1) is 44.6 Å². The normalized spacial score (nSPS) is 22.0. The summed E-state index contributed by atoms with van der Waals surface area (Å²) in [6.45, 7) is 6.58. The molecule has 2 saturated heterocycles. The number of rotatable bonds is 7. The number of aliphatic hydroxyl groups is 1. The first-order valence-electron chi connectivity index (χ1n) is 9.31. The van der Waals surface area contributed by atoms with Crippen molar-refractivity contribution in [2.24, 2.45) is 10.4 Å². The van der Waals surface area contributed by atoms with Gasteiger partial charge < -0.3 is 30.1 Å². The maximum Gasteiger partial charge on any atom is 0.191 e. The van der Waals surface area contributed by atoms with Crippen LogP contribution in [-0.2, 0) is 4.74 Å². The van der Waals surface area contributed by atoms with E-state index in [-0.39, 0.29) is 12.0 Å². The van der Waals surface area contributed by atoms with Crippen molar-refractivity contribution in [3.63, 3.8) is 0 Å². The molecule has 0 amide bonds. The fourth-order valence-corrected chi connectivity index (χ4v) is 3.37. The molecule has 7 nitrogen and oxygen atoms in total. The Morgan fingerprint density at radius 1 is 1.42 bits per heavy atom. The Labute approximate surface area is 155 Å². The predicted octanol–water partition coefficient (Wildman–Crippen LogP) is 0.838. The minimum absolute atomic E-state index is 0.112. The molecule has 3 N–H and O–H groups in total. The van der Waals surface area contributed by atoms with Gasteiger partial charge in [0.25, 0.3) is 0 Å². The van der Waals surface area contributed by atoms with Crippen molar-refractivity contribution in [1.29, 1.82) is 0 Å². The summed E-state index contributed by atoms with van der Waals surface area (Å²) < 4.78 is 10.7. The van der Waals surface area contributed by atoms with Crippen LogP contribution in [0.3, 0.4) is 0 Å². The highest BCUT2D eigenvalue weighted by Gasteiger charge is 2.38. The molecule has 7 heteroatoms. The lowest BCUT2D eigenvalue weighted by Gasteiger charge is -2.38. The van der Waals surface area contributed by atoms with Gasteiger partial charge in [0, 0.05) is 25.7 Å². The van der Waals surface area contributed by atoms with Crippen LogP contribution in [0, 0.1) is 5.41 Å². The summed E-state index contributed by atoms with van der Waals surface area (Å²) in [5, 5.41) is 16.4. The molecule has 0 aromatic heterocycles. The fraction of sp³-hybridized carbons (Fsp3) is 0.632. The number of anilines is 1. The fourth-order valence-electron chi connectivity index (χ4n) is 3.37. The Balaban J connectivity index is 1.60. The average molecular weight is 362 g/mol. The summed E-state index contributed by atoms with van der Waals surface area (Å²) >= 11 is 0. The lowest BCUT2D eigenvalue weighted by atomic mass is 9.87. The number of nitrogens with zero attached hydrogens (tertiary/aromatic N) is 2. The first-order valence-corrected chi connectivity index (χ1v) is 9.31. The molecule has 26 heavy (non-hydrogen) atoms. The quantitative estimate of drug-likeness (QED) is 0.493. The molecule has 3 rings (SSSR count). The van der Waals surface area contributed by atoms with E-state index in [0.717, 1.165) is 43.5 Å². The summed E-state index contributed by atoms with van der Waals surface area (Å²) in [5.41, 5.74) is 0.925. The molecule has 1 aromatic carbocycles. The number of guanidine groups is 1. The highest BCUT2D eigenvalue weighted by molar-refractivity contribution is 5.80. The Bertz CT molecular complexity index is 613. The highest BCUT2D eigenvalue weighted by Crippen LogP contribution is 2.30. The molecule has 144 valence electrons. The Morgan fingerprint density at radius 2 is 2.23 bits per heavy atom. The molecule has 2 fully saturated rings. The van der Waals surface area contributed by atoms with E-state index >= 15 is 0 Å². The van der Waals surface area contributed by atoms with Crippen LogP contribution in [0.4, 0.5) is 5.69 Å². The SMILES string of the molecule is CCNC(=NCC1(CO)COC1)NC1CCN(c2ccccc2OC)C1. The van der Waals surface area contributed by atoms with Gasteiger partial charge in [0.15, 0.2) is 5.96 Å². The van der Waals surface area contributed by atoms with Gasteiger partial charge in [-0.15, -0.1) is 0 Å². The topological polar surface area (TPSA) is 78.4 Å². The number of methoxy groups -OCH3 is 1. The van der Waals surface area contributed by atoms with Gasteiger partial charge in [-0.1, -0.05) is 12.1 Å². The van der Waals surface area contributed by atoms with E-state index in [4.69, 9.17) is 9.47 Å². The molecule has 1 atom stereocenters. The second kappa shape index (κ2) is 8.60. The van der Waals surface area contributed by atoms with Crippen molar-refractivity contribution < 1.29 is 14.6 Å². The standard InChI is InChI=1S/C19H30N4O3/c1-3-20-18(21-11-19(12-24)13-26-14-19)22-15-8-9-23(10-15)16-6-4-5-7-17(16)25-2/h4-7,15,24H,3,8-14H2,1-2H3,(H2,20,21,22). The largest absolute Gasteiger partial charge is 0.495 e. The monoisotopic (exact) mass is 362 g/mol. The molecule has 2 aliphatic rings. The average Bonchev–Trinajstić information content (AvgIpc) is 3.09. The molecule has 0 saturated carbocycles. The van der Waals surface area contributed by atoms with Crippen LogP contribution >= 0.6 is 0 Å². The third-order valence-electron chi connectivity index (χ3n) is 5.02.